The Kier molecular flexibility index (Phi) is 4.52. The van der Waals surface area contributed by atoms with Gasteiger partial charge in [-0.2, -0.15) is 18.3 Å². The van der Waals surface area contributed by atoms with Crippen molar-refractivity contribution < 1.29 is 18.0 Å². The van der Waals surface area contributed by atoms with Crippen molar-refractivity contribution in [3.8, 4) is 0 Å². The van der Waals surface area contributed by atoms with Gasteiger partial charge in [0.1, 0.15) is 6.54 Å². The number of rotatable bonds is 4. The maximum absolute atomic E-state index is 13.1. The third-order valence-electron chi connectivity index (χ3n) is 2.70. The molecule has 0 aliphatic heterocycles. The predicted octanol–water partition coefficient (Wildman–Crippen LogP) is 2.96. The summed E-state index contributed by atoms with van der Waals surface area (Å²) in [7, 11) is 0. The Labute approximate surface area is 123 Å². The van der Waals surface area contributed by atoms with Crippen LogP contribution < -0.4 is 5.32 Å². The van der Waals surface area contributed by atoms with Crippen molar-refractivity contribution in [1.82, 2.24) is 15.1 Å². The molecule has 0 saturated carbocycles. The summed E-state index contributed by atoms with van der Waals surface area (Å²) in [5.41, 5.74) is -0.0827. The highest BCUT2D eigenvalue weighted by Crippen LogP contribution is 2.33. The van der Waals surface area contributed by atoms with Crippen LogP contribution in [0.3, 0.4) is 0 Å². The van der Waals surface area contributed by atoms with Crippen LogP contribution in [0, 0.1) is 0 Å². The molecule has 8 heteroatoms. The summed E-state index contributed by atoms with van der Waals surface area (Å²) < 4.78 is 40.5. The second-order valence-corrected chi connectivity index (χ2v) is 4.73. The maximum Gasteiger partial charge on any atom is 0.412 e. The number of nitrogens with one attached hydrogen (secondary N) is 1. The van der Waals surface area contributed by atoms with Crippen LogP contribution in [0.2, 0.25) is 5.02 Å². The minimum atomic E-state index is -4.60. The zero-order valence-electron chi connectivity index (χ0n) is 10.6. The molecule has 0 fully saturated rings. The maximum atomic E-state index is 13.1. The van der Waals surface area contributed by atoms with Crippen molar-refractivity contribution >= 4 is 17.5 Å². The van der Waals surface area contributed by atoms with Gasteiger partial charge in [-0.3, -0.25) is 9.48 Å². The van der Waals surface area contributed by atoms with E-state index in [2.05, 4.69) is 5.10 Å². The molecule has 0 unspecified atom stereocenters. The quantitative estimate of drug-likeness (QED) is 0.942. The highest BCUT2D eigenvalue weighted by atomic mass is 35.5. The standard InChI is InChI=1S/C13H11ClF3N3O/c14-10-4-2-9(3-5-10)12(13(15,16)17)19-11(21)8-20-7-1-6-18-20/h1-7,12H,8H2,(H,19,21)/t12-/m1/s1. The molecule has 112 valence electrons. The van der Waals surface area contributed by atoms with E-state index in [-0.39, 0.29) is 12.1 Å². The minimum absolute atomic E-state index is 0.0827. The van der Waals surface area contributed by atoms with Gasteiger partial charge in [-0.25, -0.2) is 0 Å². The SMILES string of the molecule is O=C(Cn1cccn1)N[C@H](c1ccc(Cl)cc1)C(F)(F)F. The van der Waals surface area contributed by atoms with Gasteiger partial charge in [0.25, 0.3) is 0 Å². The summed E-state index contributed by atoms with van der Waals surface area (Å²) in [6.45, 7) is -0.285. The number of nitrogens with zero attached hydrogens (tertiary/aromatic N) is 2. The molecule has 1 aromatic heterocycles. The van der Waals surface area contributed by atoms with Crippen molar-refractivity contribution in [3.63, 3.8) is 0 Å². The van der Waals surface area contributed by atoms with Crippen molar-refractivity contribution in [2.24, 2.45) is 0 Å². The number of benzene rings is 1. The first-order valence-electron chi connectivity index (χ1n) is 5.95. The van der Waals surface area contributed by atoms with Gasteiger partial charge in [-0.1, -0.05) is 23.7 Å². The molecule has 2 rings (SSSR count). The van der Waals surface area contributed by atoms with E-state index < -0.39 is 18.1 Å². The molecule has 0 aliphatic carbocycles. The summed E-state index contributed by atoms with van der Waals surface area (Å²) >= 11 is 5.65. The molecule has 4 nitrogen and oxygen atoms in total. The van der Waals surface area contributed by atoms with Crippen molar-refractivity contribution in [2.75, 3.05) is 0 Å². The lowest BCUT2D eigenvalue weighted by Gasteiger charge is -2.22. The molecule has 1 atom stereocenters. The number of halogens is 4. The molecular formula is C13H11ClF3N3O. The molecule has 0 spiro atoms. The molecular weight excluding hydrogens is 307 g/mol. The summed E-state index contributed by atoms with van der Waals surface area (Å²) in [5, 5.41) is 6.05. The summed E-state index contributed by atoms with van der Waals surface area (Å²) in [6.07, 6.45) is -1.67. The van der Waals surface area contributed by atoms with E-state index in [4.69, 9.17) is 11.6 Å². The molecule has 0 saturated heterocycles. The van der Waals surface area contributed by atoms with E-state index in [9.17, 15) is 18.0 Å². The van der Waals surface area contributed by atoms with E-state index in [1.807, 2.05) is 5.32 Å². The van der Waals surface area contributed by atoms with Crippen LogP contribution in [-0.4, -0.2) is 21.9 Å². The number of carbonyl (C=O) groups is 1. The van der Waals surface area contributed by atoms with Gasteiger partial charge < -0.3 is 5.32 Å². The second kappa shape index (κ2) is 6.17. The molecule has 21 heavy (non-hydrogen) atoms. The normalized spacial score (nSPS) is 13.0. The van der Waals surface area contributed by atoms with Gasteiger partial charge in [-0.15, -0.1) is 0 Å². The predicted molar refractivity (Wildman–Crippen MR) is 70.6 cm³/mol. The largest absolute Gasteiger partial charge is 0.412 e. The smallest absolute Gasteiger partial charge is 0.339 e. The summed E-state index contributed by atoms with van der Waals surface area (Å²) in [4.78, 5) is 11.7. The Hall–Kier alpha value is -2.02. The van der Waals surface area contributed by atoms with E-state index in [1.54, 1.807) is 6.07 Å². The van der Waals surface area contributed by atoms with Crippen LogP contribution in [0.25, 0.3) is 0 Å². The second-order valence-electron chi connectivity index (χ2n) is 4.30. The van der Waals surface area contributed by atoms with Gasteiger partial charge in [0.15, 0.2) is 6.04 Å². The number of carbonyl (C=O) groups excluding carboxylic acids is 1. The number of hydrogen-bond acceptors (Lipinski definition) is 2. The van der Waals surface area contributed by atoms with Crippen molar-refractivity contribution in [1.29, 1.82) is 0 Å². The first-order valence-corrected chi connectivity index (χ1v) is 6.33. The van der Waals surface area contributed by atoms with E-state index >= 15 is 0 Å². The molecule has 0 bridgehead atoms. The average molecular weight is 318 g/mol. The molecule has 1 heterocycles. The third-order valence-corrected chi connectivity index (χ3v) is 2.95. The minimum Gasteiger partial charge on any atom is -0.339 e. The lowest BCUT2D eigenvalue weighted by molar-refractivity contribution is -0.163. The fourth-order valence-electron chi connectivity index (χ4n) is 1.76. The van der Waals surface area contributed by atoms with Gasteiger partial charge in [0, 0.05) is 17.4 Å². The Bertz CT molecular complexity index is 596. The van der Waals surface area contributed by atoms with Gasteiger partial charge >= 0.3 is 6.18 Å². The zero-order valence-corrected chi connectivity index (χ0v) is 11.4. The number of aromatic nitrogens is 2. The Morgan fingerprint density at radius 2 is 2.00 bits per heavy atom. The van der Waals surface area contributed by atoms with Crippen molar-refractivity contribution in [2.45, 2.75) is 18.8 Å². The topological polar surface area (TPSA) is 46.9 Å². The molecule has 1 aromatic carbocycles. The van der Waals surface area contributed by atoms with Crippen LogP contribution in [0.1, 0.15) is 11.6 Å². The van der Waals surface area contributed by atoms with Gasteiger partial charge in [-0.05, 0) is 23.8 Å². The van der Waals surface area contributed by atoms with E-state index in [0.29, 0.717) is 5.02 Å². The van der Waals surface area contributed by atoms with Gasteiger partial charge in [0.2, 0.25) is 5.91 Å². The monoisotopic (exact) mass is 317 g/mol. The molecule has 1 amide bonds. The highest BCUT2D eigenvalue weighted by Gasteiger charge is 2.41. The van der Waals surface area contributed by atoms with E-state index in [1.165, 1.54) is 41.3 Å². The number of amides is 1. The molecule has 2 aromatic rings. The molecule has 1 N–H and O–H groups in total. The van der Waals surface area contributed by atoms with Crippen LogP contribution in [-0.2, 0) is 11.3 Å². The first-order chi connectivity index (χ1) is 9.86. The summed E-state index contributed by atoms with van der Waals surface area (Å²) in [5.74, 6) is -0.782. The Morgan fingerprint density at radius 1 is 1.33 bits per heavy atom. The van der Waals surface area contributed by atoms with Crippen LogP contribution in [0.4, 0.5) is 13.2 Å². The van der Waals surface area contributed by atoms with Crippen LogP contribution in [0.5, 0.6) is 0 Å². The van der Waals surface area contributed by atoms with Crippen LogP contribution >= 0.6 is 11.6 Å². The lowest BCUT2D eigenvalue weighted by atomic mass is 10.1. The summed E-state index contributed by atoms with van der Waals surface area (Å²) in [6, 6.07) is 4.64. The Balaban J connectivity index is 2.13. The van der Waals surface area contributed by atoms with Crippen molar-refractivity contribution in [3.05, 3.63) is 53.3 Å². The fourth-order valence-corrected chi connectivity index (χ4v) is 1.88. The van der Waals surface area contributed by atoms with Crippen LogP contribution in [0.15, 0.2) is 42.7 Å². The third kappa shape index (κ3) is 4.22. The fraction of sp³-hybridized carbons (Fsp3) is 0.231. The average Bonchev–Trinajstić information content (AvgIpc) is 2.89. The highest BCUT2D eigenvalue weighted by molar-refractivity contribution is 6.30. The molecule has 0 radical (unpaired) electrons. The van der Waals surface area contributed by atoms with Gasteiger partial charge in [0.05, 0.1) is 0 Å². The van der Waals surface area contributed by atoms with E-state index in [0.717, 1.165) is 0 Å². The first kappa shape index (κ1) is 15.4. The number of hydrogen-bond donors (Lipinski definition) is 1. The zero-order chi connectivity index (χ0) is 15.5. The number of alkyl halides is 3. The lowest BCUT2D eigenvalue weighted by Crippen LogP contribution is -2.39. The Morgan fingerprint density at radius 3 is 2.52 bits per heavy atom. The molecule has 0 aliphatic rings.